The molecule has 2 aliphatic heterocycles. The molecular formula is C18H26N4O3. The highest BCUT2D eigenvalue weighted by Crippen LogP contribution is 2.16. The number of primary amides is 1. The average Bonchev–Trinajstić information content (AvgIpc) is 3.12. The molecule has 0 spiro atoms. The van der Waals surface area contributed by atoms with E-state index < -0.39 is 0 Å². The summed E-state index contributed by atoms with van der Waals surface area (Å²) in [6.45, 7) is 5.75. The molecule has 0 saturated carbocycles. The zero-order valence-corrected chi connectivity index (χ0v) is 14.4. The molecule has 25 heavy (non-hydrogen) atoms. The molecule has 1 atom stereocenters. The van der Waals surface area contributed by atoms with E-state index in [4.69, 9.17) is 10.5 Å². The molecule has 7 nitrogen and oxygen atoms in total. The molecule has 0 aromatic heterocycles. The third-order valence-corrected chi connectivity index (χ3v) is 4.92. The molecule has 3 amide bonds. The summed E-state index contributed by atoms with van der Waals surface area (Å²) in [5.74, 6) is -0.550. The number of urea groups is 1. The average molecular weight is 346 g/mol. The number of nitrogens with zero attached hydrogens (tertiary/aromatic N) is 2. The number of nitrogens with two attached hydrogens (primary N) is 1. The second-order valence-corrected chi connectivity index (χ2v) is 6.65. The molecule has 1 aromatic carbocycles. The smallest absolute Gasteiger partial charge is 0.317 e. The molecule has 7 heteroatoms. The fourth-order valence-electron chi connectivity index (χ4n) is 3.34. The van der Waals surface area contributed by atoms with E-state index in [1.807, 2.05) is 18.2 Å². The molecule has 3 rings (SSSR count). The molecule has 2 aliphatic rings. The number of hydrogen-bond donors (Lipinski definition) is 2. The van der Waals surface area contributed by atoms with Gasteiger partial charge in [0, 0.05) is 39.3 Å². The summed E-state index contributed by atoms with van der Waals surface area (Å²) in [7, 11) is 0. The van der Waals surface area contributed by atoms with E-state index in [1.54, 1.807) is 4.90 Å². The Kier molecular flexibility index (Phi) is 5.88. The standard InChI is InChI=1S/C18H26N4O3/c19-17(23)16-5-6-22(13-16)18(24)20-11-14-3-1-2-4-15(14)12-21-7-9-25-10-8-21/h1-4,16H,5-13H2,(H2,19,23)(H,20,24). The quantitative estimate of drug-likeness (QED) is 0.814. The van der Waals surface area contributed by atoms with Crippen LogP contribution in [0.25, 0.3) is 0 Å². The van der Waals surface area contributed by atoms with Gasteiger partial charge >= 0.3 is 6.03 Å². The number of morpholine rings is 1. The second kappa shape index (κ2) is 8.31. The Balaban J connectivity index is 1.54. The molecule has 136 valence electrons. The Labute approximate surface area is 148 Å². The molecule has 0 aliphatic carbocycles. The number of rotatable bonds is 5. The van der Waals surface area contributed by atoms with Crippen molar-refractivity contribution in [1.29, 1.82) is 0 Å². The highest BCUT2D eigenvalue weighted by molar-refractivity contribution is 5.80. The van der Waals surface area contributed by atoms with Crippen LogP contribution in [0.5, 0.6) is 0 Å². The molecule has 2 saturated heterocycles. The molecule has 3 N–H and O–H groups in total. The molecule has 1 aromatic rings. The van der Waals surface area contributed by atoms with E-state index >= 15 is 0 Å². The normalized spacial score (nSPS) is 21.3. The summed E-state index contributed by atoms with van der Waals surface area (Å²) >= 11 is 0. The van der Waals surface area contributed by atoms with Crippen LogP contribution in [0.4, 0.5) is 4.79 Å². The van der Waals surface area contributed by atoms with Crippen LogP contribution in [0.15, 0.2) is 24.3 Å². The van der Waals surface area contributed by atoms with Crippen molar-refractivity contribution >= 4 is 11.9 Å². The molecule has 1 unspecified atom stereocenters. The maximum Gasteiger partial charge on any atom is 0.317 e. The zero-order chi connectivity index (χ0) is 17.6. The van der Waals surface area contributed by atoms with Crippen molar-refractivity contribution in [2.45, 2.75) is 19.5 Å². The van der Waals surface area contributed by atoms with Gasteiger partial charge in [-0.1, -0.05) is 24.3 Å². The highest BCUT2D eigenvalue weighted by Gasteiger charge is 2.29. The van der Waals surface area contributed by atoms with Crippen molar-refractivity contribution in [3.05, 3.63) is 35.4 Å². The van der Waals surface area contributed by atoms with Gasteiger partial charge in [0.1, 0.15) is 0 Å². The third kappa shape index (κ3) is 4.70. The van der Waals surface area contributed by atoms with Gasteiger partial charge in [0.05, 0.1) is 19.1 Å². The lowest BCUT2D eigenvalue weighted by Gasteiger charge is -2.27. The van der Waals surface area contributed by atoms with Crippen LogP contribution in [0.3, 0.4) is 0 Å². The van der Waals surface area contributed by atoms with Crippen molar-refractivity contribution < 1.29 is 14.3 Å². The van der Waals surface area contributed by atoms with Crippen LogP contribution in [0.2, 0.25) is 0 Å². The van der Waals surface area contributed by atoms with Crippen molar-refractivity contribution in [2.24, 2.45) is 11.7 Å². The Hall–Kier alpha value is -2.12. The summed E-state index contributed by atoms with van der Waals surface area (Å²) in [6.07, 6.45) is 0.649. The summed E-state index contributed by atoms with van der Waals surface area (Å²) < 4.78 is 5.39. The molecule has 0 bridgehead atoms. The van der Waals surface area contributed by atoms with Gasteiger partial charge in [0.15, 0.2) is 0 Å². The fourth-order valence-corrected chi connectivity index (χ4v) is 3.34. The van der Waals surface area contributed by atoms with Gasteiger partial charge in [-0.3, -0.25) is 9.69 Å². The molecule has 0 radical (unpaired) electrons. The van der Waals surface area contributed by atoms with Gasteiger partial charge in [0.2, 0.25) is 5.91 Å². The maximum absolute atomic E-state index is 12.3. The van der Waals surface area contributed by atoms with Gasteiger partial charge in [0.25, 0.3) is 0 Å². The van der Waals surface area contributed by atoms with E-state index in [2.05, 4.69) is 16.3 Å². The summed E-state index contributed by atoms with van der Waals surface area (Å²) in [4.78, 5) is 27.6. The van der Waals surface area contributed by atoms with Crippen LogP contribution >= 0.6 is 0 Å². The van der Waals surface area contributed by atoms with Crippen LogP contribution in [-0.4, -0.2) is 61.1 Å². The Morgan fingerprint density at radius 2 is 1.88 bits per heavy atom. The molecular weight excluding hydrogens is 320 g/mol. The second-order valence-electron chi connectivity index (χ2n) is 6.65. The van der Waals surface area contributed by atoms with Crippen LogP contribution in [-0.2, 0) is 22.6 Å². The van der Waals surface area contributed by atoms with E-state index in [0.29, 0.717) is 26.1 Å². The zero-order valence-electron chi connectivity index (χ0n) is 14.4. The van der Waals surface area contributed by atoms with Crippen molar-refractivity contribution in [3.8, 4) is 0 Å². The first-order valence-corrected chi connectivity index (χ1v) is 8.82. The lowest BCUT2D eigenvalue weighted by Crippen LogP contribution is -2.39. The molecule has 2 fully saturated rings. The SMILES string of the molecule is NC(=O)C1CCN(C(=O)NCc2ccccc2CN2CCOCC2)C1. The van der Waals surface area contributed by atoms with Crippen molar-refractivity contribution in [1.82, 2.24) is 15.1 Å². The minimum atomic E-state index is -0.328. The van der Waals surface area contributed by atoms with Crippen molar-refractivity contribution in [3.63, 3.8) is 0 Å². The number of carbonyl (C=O) groups is 2. The number of amides is 3. The van der Waals surface area contributed by atoms with Gasteiger partial charge in [-0.05, 0) is 17.5 Å². The Bertz CT molecular complexity index is 616. The first-order chi connectivity index (χ1) is 12.1. The minimum absolute atomic E-state index is 0.134. The number of benzene rings is 1. The van der Waals surface area contributed by atoms with Gasteiger partial charge in [-0.2, -0.15) is 0 Å². The topological polar surface area (TPSA) is 87.9 Å². The van der Waals surface area contributed by atoms with E-state index in [0.717, 1.165) is 38.4 Å². The maximum atomic E-state index is 12.3. The number of hydrogen-bond acceptors (Lipinski definition) is 4. The summed E-state index contributed by atoms with van der Waals surface area (Å²) in [6, 6.07) is 8.04. The highest BCUT2D eigenvalue weighted by atomic mass is 16.5. The van der Waals surface area contributed by atoms with Crippen LogP contribution < -0.4 is 11.1 Å². The minimum Gasteiger partial charge on any atom is -0.379 e. The predicted molar refractivity (Wildman–Crippen MR) is 93.6 cm³/mol. The number of ether oxygens (including phenoxy) is 1. The van der Waals surface area contributed by atoms with Crippen LogP contribution in [0, 0.1) is 5.92 Å². The summed E-state index contributed by atoms with van der Waals surface area (Å²) in [5.41, 5.74) is 7.66. The first-order valence-electron chi connectivity index (χ1n) is 8.82. The largest absolute Gasteiger partial charge is 0.379 e. The predicted octanol–water partition coefficient (Wildman–Crippen LogP) is 0.536. The van der Waals surface area contributed by atoms with E-state index in [1.165, 1.54) is 5.56 Å². The Morgan fingerprint density at radius 3 is 2.56 bits per heavy atom. The van der Waals surface area contributed by atoms with Crippen LogP contribution in [0.1, 0.15) is 17.5 Å². The molecule has 2 heterocycles. The number of likely N-dealkylation sites (tertiary alicyclic amines) is 1. The monoisotopic (exact) mass is 346 g/mol. The summed E-state index contributed by atoms with van der Waals surface area (Å²) in [5, 5.41) is 2.97. The van der Waals surface area contributed by atoms with E-state index in [9.17, 15) is 9.59 Å². The Morgan fingerprint density at radius 1 is 1.16 bits per heavy atom. The third-order valence-electron chi connectivity index (χ3n) is 4.92. The van der Waals surface area contributed by atoms with E-state index in [-0.39, 0.29) is 17.9 Å². The number of carbonyl (C=O) groups excluding carboxylic acids is 2. The van der Waals surface area contributed by atoms with Crippen molar-refractivity contribution in [2.75, 3.05) is 39.4 Å². The van der Waals surface area contributed by atoms with Gasteiger partial charge < -0.3 is 20.7 Å². The lowest BCUT2D eigenvalue weighted by atomic mass is 10.1. The number of nitrogens with one attached hydrogen (secondary N) is 1. The lowest BCUT2D eigenvalue weighted by molar-refractivity contribution is -0.121. The van der Waals surface area contributed by atoms with Gasteiger partial charge in [-0.15, -0.1) is 0 Å². The fraction of sp³-hybridized carbons (Fsp3) is 0.556. The first kappa shape index (κ1) is 17.7. The van der Waals surface area contributed by atoms with Gasteiger partial charge in [-0.25, -0.2) is 4.79 Å².